The summed E-state index contributed by atoms with van der Waals surface area (Å²) < 4.78 is 36.0. The fraction of sp³-hybridized carbons (Fsp3) is 1.00. The number of likely N-dealkylation sites (tertiary alicyclic amines) is 1. The van der Waals surface area contributed by atoms with Crippen LogP contribution >= 0.6 is 0 Å². The lowest BCUT2D eigenvalue weighted by atomic mass is 9.99. The van der Waals surface area contributed by atoms with Gasteiger partial charge in [-0.05, 0) is 53.6 Å². The average Bonchev–Trinajstić information content (AvgIpc) is 3.10. The molecule has 4 aliphatic heterocycles. The molecule has 0 aliphatic carbocycles. The first-order valence-corrected chi connectivity index (χ1v) is 10.6. The molecule has 4 fully saturated rings. The van der Waals surface area contributed by atoms with Crippen molar-refractivity contribution in [2.45, 2.75) is 95.3 Å². The van der Waals surface area contributed by atoms with Crippen LogP contribution in [0.4, 0.5) is 0 Å². The van der Waals surface area contributed by atoms with E-state index in [1.165, 1.54) is 19.3 Å². The van der Waals surface area contributed by atoms with Gasteiger partial charge in [0.15, 0.2) is 17.9 Å². The maximum atomic E-state index is 10.3. The van der Waals surface area contributed by atoms with Gasteiger partial charge in [0, 0.05) is 6.54 Å². The third kappa shape index (κ3) is 4.70. The smallest absolute Gasteiger partial charge is 0.190 e. The van der Waals surface area contributed by atoms with Crippen molar-refractivity contribution in [1.29, 1.82) is 0 Å². The van der Waals surface area contributed by atoms with Crippen LogP contribution in [0.25, 0.3) is 0 Å². The van der Waals surface area contributed by atoms with E-state index in [-0.39, 0.29) is 31.0 Å². The van der Waals surface area contributed by atoms with E-state index >= 15 is 0 Å². The van der Waals surface area contributed by atoms with E-state index in [0.717, 1.165) is 13.1 Å². The van der Waals surface area contributed by atoms with Gasteiger partial charge < -0.3 is 38.4 Å². The summed E-state index contributed by atoms with van der Waals surface area (Å²) in [6.45, 7) is 10.9. The number of hydrogen-bond donors (Lipinski definition) is 1. The maximum Gasteiger partial charge on any atom is 0.190 e. The summed E-state index contributed by atoms with van der Waals surface area (Å²) >= 11 is 0. The second-order valence-electron chi connectivity index (χ2n) is 9.26. The molecule has 0 saturated carbocycles. The van der Waals surface area contributed by atoms with Crippen LogP contribution in [0.15, 0.2) is 0 Å². The summed E-state index contributed by atoms with van der Waals surface area (Å²) in [7, 11) is 0. The minimum atomic E-state index is -0.726. The number of aliphatic hydroxyl groups is 1. The number of β-amino-alcohol motifs (C(OH)–C–C–N with tert-alkyl or cyclic N) is 1. The number of piperidine rings is 1. The second kappa shape index (κ2) is 8.07. The molecular weight excluding hydrogens is 366 g/mol. The average molecular weight is 402 g/mol. The Bertz CT molecular complexity index is 537. The van der Waals surface area contributed by atoms with Crippen molar-refractivity contribution in [3.8, 4) is 0 Å². The van der Waals surface area contributed by atoms with Gasteiger partial charge in [0.2, 0.25) is 0 Å². The van der Waals surface area contributed by atoms with Crippen molar-refractivity contribution in [3.63, 3.8) is 0 Å². The van der Waals surface area contributed by atoms with Gasteiger partial charge in [-0.1, -0.05) is 6.42 Å². The highest BCUT2D eigenvalue weighted by atomic mass is 16.9. The molecule has 4 rings (SSSR count). The van der Waals surface area contributed by atoms with E-state index in [9.17, 15) is 5.11 Å². The Balaban J connectivity index is 1.31. The van der Waals surface area contributed by atoms with Crippen LogP contribution in [0.5, 0.6) is 0 Å². The predicted octanol–water partition coefficient (Wildman–Crippen LogP) is 1.25. The van der Waals surface area contributed by atoms with E-state index in [0.29, 0.717) is 13.2 Å². The third-order valence-electron chi connectivity index (χ3n) is 5.76. The van der Waals surface area contributed by atoms with E-state index in [4.69, 9.17) is 28.4 Å². The lowest BCUT2D eigenvalue weighted by molar-refractivity contribution is -0.244. The van der Waals surface area contributed by atoms with Crippen molar-refractivity contribution < 1.29 is 33.5 Å². The summed E-state index contributed by atoms with van der Waals surface area (Å²) in [5.74, 6) is -1.44. The summed E-state index contributed by atoms with van der Waals surface area (Å²) in [5, 5.41) is 10.3. The topological polar surface area (TPSA) is 78.9 Å². The van der Waals surface area contributed by atoms with Gasteiger partial charge in [0.25, 0.3) is 0 Å². The number of nitrogens with zero attached hydrogens (tertiary/aromatic N) is 1. The molecule has 4 saturated heterocycles. The fourth-order valence-electron chi connectivity index (χ4n) is 4.64. The van der Waals surface area contributed by atoms with Gasteiger partial charge >= 0.3 is 0 Å². The first-order chi connectivity index (χ1) is 13.2. The van der Waals surface area contributed by atoms with Crippen LogP contribution in [-0.2, 0) is 28.4 Å². The molecule has 162 valence electrons. The number of fused-ring (bicyclic) bond motifs is 3. The molecule has 0 aromatic carbocycles. The first kappa shape index (κ1) is 20.9. The zero-order valence-electron chi connectivity index (χ0n) is 17.5. The van der Waals surface area contributed by atoms with Gasteiger partial charge in [-0.15, -0.1) is 0 Å². The summed E-state index contributed by atoms with van der Waals surface area (Å²) in [6.07, 6.45) is 1.44. The van der Waals surface area contributed by atoms with Crippen molar-refractivity contribution in [2.24, 2.45) is 0 Å². The largest absolute Gasteiger partial charge is 0.389 e. The van der Waals surface area contributed by atoms with Crippen molar-refractivity contribution in [1.82, 2.24) is 4.90 Å². The molecule has 0 bridgehead atoms. The molecule has 4 aliphatic rings. The Morgan fingerprint density at radius 2 is 1.57 bits per heavy atom. The number of rotatable bonds is 6. The molecule has 1 unspecified atom stereocenters. The highest BCUT2D eigenvalue weighted by molar-refractivity contribution is 5.00. The normalized spacial score (nSPS) is 40.8. The maximum absolute atomic E-state index is 10.3. The summed E-state index contributed by atoms with van der Waals surface area (Å²) in [4.78, 5) is 2.30. The lowest BCUT2D eigenvalue weighted by Crippen LogP contribution is -2.56. The van der Waals surface area contributed by atoms with Crippen LogP contribution in [-0.4, -0.2) is 91.2 Å². The van der Waals surface area contributed by atoms with Crippen LogP contribution in [0.2, 0.25) is 0 Å². The molecule has 28 heavy (non-hydrogen) atoms. The Labute approximate surface area is 167 Å². The molecule has 4 heterocycles. The lowest BCUT2D eigenvalue weighted by Gasteiger charge is -2.37. The number of hydrogen-bond acceptors (Lipinski definition) is 8. The van der Waals surface area contributed by atoms with Crippen LogP contribution in [0, 0.1) is 0 Å². The van der Waals surface area contributed by atoms with Gasteiger partial charge in [-0.3, -0.25) is 0 Å². The summed E-state index contributed by atoms with van der Waals surface area (Å²) in [5.41, 5.74) is 0. The van der Waals surface area contributed by atoms with Crippen molar-refractivity contribution in [2.75, 3.05) is 32.8 Å². The van der Waals surface area contributed by atoms with Crippen LogP contribution < -0.4 is 0 Å². The minimum absolute atomic E-state index is 0.273. The molecule has 0 amide bonds. The fourth-order valence-corrected chi connectivity index (χ4v) is 4.64. The van der Waals surface area contributed by atoms with E-state index < -0.39 is 24.0 Å². The summed E-state index contributed by atoms with van der Waals surface area (Å²) in [6, 6.07) is 0. The molecular formula is C20H35NO7. The number of ether oxygens (including phenoxy) is 6. The molecule has 8 heteroatoms. The van der Waals surface area contributed by atoms with Crippen LogP contribution in [0.3, 0.4) is 0 Å². The molecule has 1 N–H and O–H groups in total. The van der Waals surface area contributed by atoms with Gasteiger partial charge in [0.05, 0.1) is 19.3 Å². The molecule has 0 aromatic rings. The zero-order chi connectivity index (χ0) is 19.9. The standard InChI is InChI=1S/C20H35NO7/c1-19(2)25-15-14(12-23-11-13(22)10-21-8-6-5-7-9-21)24-18-17(16(15)26-19)27-20(3,4)28-18/h13-18,22H,5-12H2,1-4H3/t13?,14-,15+,16+,17-,18-/m1/s1. The molecule has 0 spiro atoms. The molecule has 8 nitrogen and oxygen atoms in total. The monoisotopic (exact) mass is 401 g/mol. The van der Waals surface area contributed by atoms with E-state index in [1.807, 2.05) is 27.7 Å². The Morgan fingerprint density at radius 3 is 2.32 bits per heavy atom. The van der Waals surface area contributed by atoms with Gasteiger partial charge in [-0.2, -0.15) is 0 Å². The van der Waals surface area contributed by atoms with Crippen LogP contribution in [0.1, 0.15) is 47.0 Å². The second-order valence-corrected chi connectivity index (χ2v) is 9.26. The minimum Gasteiger partial charge on any atom is -0.389 e. The SMILES string of the molecule is CC1(C)O[C@H]2[C@@H](O1)[C@@H](COCC(O)CN1CCCCC1)O[C@@H]1OC(C)(C)O[C@@H]12. The zero-order valence-corrected chi connectivity index (χ0v) is 17.5. The third-order valence-corrected chi connectivity index (χ3v) is 5.76. The quantitative estimate of drug-likeness (QED) is 0.712. The Hall–Kier alpha value is -0.320. The highest BCUT2D eigenvalue weighted by Crippen LogP contribution is 2.44. The van der Waals surface area contributed by atoms with Gasteiger partial charge in [0.1, 0.15) is 24.4 Å². The van der Waals surface area contributed by atoms with E-state index in [1.54, 1.807) is 0 Å². The van der Waals surface area contributed by atoms with Crippen molar-refractivity contribution in [3.05, 3.63) is 0 Å². The first-order valence-electron chi connectivity index (χ1n) is 10.6. The molecule has 6 atom stereocenters. The molecule has 0 radical (unpaired) electrons. The Morgan fingerprint density at radius 1 is 0.929 bits per heavy atom. The Kier molecular flexibility index (Phi) is 6.04. The van der Waals surface area contributed by atoms with Gasteiger partial charge in [-0.25, -0.2) is 0 Å². The highest BCUT2D eigenvalue weighted by Gasteiger charge is 2.60. The van der Waals surface area contributed by atoms with Crippen molar-refractivity contribution >= 4 is 0 Å². The van der Waals surface area contributed by atoms with E-state index in [2.05, 4.69) is 4.90 Å². The number of aliphatic hydroxyl groups excluding tert-OH is 1. The predicted molar refractivity (Wildman–Crippen MR) is 99.6 cm³/mol. The molecule has 0 aromatic heterocycles.